The van der Waals surface area contributed by atoms with Crippen LogP contribution in [0, 0.1) is 0 Å². The quantitative estimate of drug-likeness (QED) is 0.548. The van der Waals surface area contributed by atoms with Gasteiger partial charge >= 0.3 is 0 Å². The van der Waals surface area contributed by atoms with Crippen molar-refractivity contribution in [3.8, 4) is 0 Å². The molecule has 2 aromatic rings. The lowest BCUT2D eigenvalue weighted by molar-refractivity contribution is -0.199. The fourth-order valence-electron chi connectivity index (χ4n) is 3.74. The molecule has 0 saturated carbocycles. The zero-order valence-electron chi connectivity index (χ0n) is 18.6. The standard InChI is InChI=1S/C20H31ClN4O4Si/c1-19(2,3)30(6,7)26-10-12-13-14(29-20(4,5)28-13)17(27-12)25-9-8-11-15(21)23-18(22)24-16(11)25/h8-9,12-14,17H,10H2,1-7H3,(H2,22,23,24)/t12-,13+,14+,17-/m1/s1. The Hall–Kier alpha value is -1.23. The van der Waals surface area contributed by atoms with E-state index in [1.165, 1.54) is 0 Å². The van der Waals surface area contributed by atoms with Crippen LogP contribution in [0.5, 0.6) is 0 Å². The largest absolute Gasteiger partial charge is 0.414 e. The van der Waals surface area contributed by atoms with Gasteiger partial charge in [-0.05, 0) is 38.0 Å². The van der Waals surface area contributed by atoms with Gasteiger partial charge in [0, 0.05) is 6.20 Å². The molecule has 4 atom stereocenters. The van der Waals surface area contributed by atoms with E-state index in [-0.39, 0.29) is 29.3 Å². The molecule has 166 valence electrons. The summed E-state index contributed by atoms with van der Waals surface area (Å²) in [5.74, 6) is -0.593. The summed E-state index contributed by atoms with van der Waals surface area (Å²) in [4.78, 5) is 8.41. The number of hydrogen-bond donors (Lipinski definition) is 1. The maximum atomic E-state index is 6.45. The van der Waals surface area contributed by atoms with Gasteiger partial charge in [0.05, 0.1) is 12.0 Å². The summed E-state index contributed by atoms with van der Waals surface area (Å²) in [6, 6.07) is 1.86. The first-order chi connectivity index (χ1) is 13.8. The van der Waals surface area contributed by atoms with Gasteiger partial charge in [-0.15, -0.1) is 0 Å². The fourth-order valence-corrected chi connectivity index (χ4v) is 4.99. The summed E-state index contributed by atoms with van der Waals surface area (Å²) < 4.78 is 27.2. The van der Waals surface area contributed by atoms with Crippen molar-refractivity contribution in [1.29, 1.82) is 0 Å². The molecule has 30 heavy (non-hydrogen) atoms. The number of rotatable bonds is 4. The van der Waals surface area contributed by atoms with Crippen LogP contribution in [-0.2, 0) is 18.6 Å². The zero-order chi connectivity index (χ0) is 22.1. The Balaban J connectivity index is 1.64. The number of anilines is 1. The molecule has 2 fully saturated rings. The molecule has 2 aliphatic rings. The van der Waals surface area contributed by atoms with E-state index in [1.54, 1.807) is 0 Å². The average molecular weight is 455 g/mol. The van der Waals surface area contributed by atoms with Crippen molar-refractivity contribution in [2.45, 2.75) is 83.1 Å². The van der Waals surface area contributed by atoms with Gasteiger partial charge in [-0.25, -0.2) is 4.98 Å². The van der Waals surface area contributed by atoms with E-state index >= 15 is 0 Å². The first-order valence-corrected chi connectivity index (χ1v) is 13.5. The predicted molar refractivity (Wildman–Crippen MR) is 118 cm³/mol. The lowest BCUT2D eigenvalue weighted by Crippen LogP contribution is -2.44. The molecular weight excluding hydrogens is 424 g/mol. The molecule has 2 N–H and O–H groups in total. The van der Waals surface area contributed by atoms with E-state index in [9.17, 15) is 0 Å². The highest BCUT2D eigenvalue weighted by atomic mass is 35.5. The molecule has 4 rings (SSSR count). The normalized spacial score (nSPS) is 28.9. The SMILES string of the molecule is CC1(C)O[C@@H]2[C@H](O1)[C@H](n1ccc3c(Cl)nc(N)nc31)O[C@@H]2CO[Si](C)(C)C(C)(C)C. The molecule has 0 amide bonds. The van der Waals surface area contributed by atoms with Gasteiger partial charge in [0.1, 0.15) is 29.1 Å². The molecule has 0 aliphatic carbocycles. The Bertz CT molecular complexity index is 958. The second-order valence-corrected chi connectivity index (χ2v) is 15.2. The predicted octanol–water partition coefficient (Wildman–Crippen LogP) is 4.11. The maximum absolute atomic E-state index is 6.45. The van der Waals surface area contributed by atoms with Crippen LogP contribution in [0.4, 0.5) is 5.95 Å². The molecule has 2 aliphatic heterocycles. The number of fused-ring (bicyclic) bond motifs is 2. The number of nitrogens with two attached hydrogens (primary N) is 1. The summed E-state index contributed by atoms with van der Waals surface area (Å²) in [5.41, 5.74) is 6.44. The van der Waals surface area contributed by atoms with Crippen molar-refractivity contribution in [3.63, 3.8) is 0 Å². The molecule has 10 heteroatoms. The van der Waals surface area contributed by atoms with Gasteiger partial charge in [-0.2, -0.15) is 4.98 Å². The van der Waals surface area contributed by atoms with Crippen LogP contribution in [0.1, 0.15) is 40.8 Å². The monoisotopic (exact) mass is 454 g/mol. The van der Waals surface area contributed by atoms with Crippen LogP contribution >= 0.6 is 11.6 Å². The minimum absolute atomic E-state index is 0.110. The highest BCUT2D eigenvalue weighted by Gasteiger charge is 2.56. The third-order valence-corrected chi connectivity index (χ3v) is 11.1. The molecule has 0 radical (unpaired) electrons. The second kappa shape index (κ2) is 7.14. The van der Waals surface area contributed by atoms with E-state index < -0.39 is 20.3 Å². The molecule has 0 bridgehead atoms. The number of halogens is 1. The lowest BCUT2D eigenvalue weighted by atomic mass is 10.1. The van der Waals surface area contributed by atoms with E-state index in [1.807, 2.05) is 30.7 Å². The third-order valence-electron chi connectivity index (χ3n) is 6.36. The van der Waals surface area contributed by atoms with Crippen LogP contribution in [-0.4, -0.2) is 53.6 Å². The molecule has 0 spiro atoms. The van der Waals surface area contributed by atoms with Gasteiger partial charge in [-0.1, -0.05) is 32.4 Å². The zero-order valence-corrected chi connectivity index (χ0v) is 20.4. The topological polar surface area (TPSA) is 93.7 Å². The highest BCUT2D eigenvalue weighted by molar-refractivity contribution is 6.74. The first kappa shape index (κ1) is 22.0. The summed E-state index contributed by atoms with van der Waals surface area (Å²) >= 11 is 6.25. The number of aromatic nitrogens is 3. The lowest BCUT2D eigenvalue weighted by Gasteiger charge is -2.37. The van der Waals surface area contributed by atoms with E-state index in [4.69, 9.17) is 36.0 Å². The van der Waals surface area contributed by atoms with Crippen molar-refractivity contribution in [3.05, 3.63) is 17.4 Å². The van der Waals surface area contributed by atoms with Crippen LogP contribution in [0.3, 0.4) is 0 Å². The average Bonchev–Trinajstić information content (AvgIpc) is 3.23. The highest BCUT2D eigenvalue weighted by Crippen LogP contribution is 2.45. The van der Waals surface area contributed by atoms with Gasteiger partial charge in [0.25, 0.3) is 0 Å². The Kier molecular flexibility index (Phi) is 5.23. The minimum Gasteiger partial charge on any atom is -0.414 e. The van der Waals surface area contributed by atoms with E-state index in [2.05, 4.69) is 43.8 Å². The van der Waals surface area contributed by atoms with Gasteiger partial charge < -0.3 is 28.9 Å². The Labute approximate surface area is 183 Å². The van der Waals surface area contributed by atoms with Crippen LogP contribution in [0.2, 0.25) is 23.3 Å². The van der Waals surface area contributed by atoms with Crippen molar-refractivity contribution in [2.24, 2.45) is 0 Å². The number of nitrogen functional groups attached to an aromatic ring is 1. The Morgan fingerprint density at radius 3 is 2.57 bits per heavy atom. The minimum atomic E-state index is -1.94. The smallest absolute Gasteiger partial charge is 0.223 e. The molecule has 2 aromatic heterocycles. The molecule has 8 nitrogen and oxygen atoms in total. The summed E-state index contributed by atoms with van der Waals surface area (Å²) in [7, 11) is -1.94. The number of hydrogen-bond acceptors (Lipinski definition) is 7. The number of nitrogens with zero attached hydrogens (tertiary/aromatic N) is 3. The van der Waals surface area contributed by atoms with Crippen LogP contribution in [0.15, 0.2) is 12.3 Å². The van der Waals surface area contributed by atoms with E-state index in [0.29, 0.717) is 22.8 Å². The summed E-state index contributed by atoms with van der Waals surface area (Å²) in [6.45, 7) is 15.4. The van der Waals surface area contributed by atoms with Crippen molar-refractivity contribution in [2.75, 3.05) is 12.3 Å². The van der Waals surface area contributed by atoms with E-state index in [0.717, 1.165) is 0 Å². The summed E-state index contributed by atoms with van der Waals surface area (Å²) in [5, 5.41) is 1.14. The van der Waals surface area contributed by atoms with Crippen molar-refractivity contribution < 1.29 is 18.6 Å². The molecule has 2 saturated heterocycles. The number of ether oxygens (including phenoxy) is 3. The maximum Gasteiger partial charge on any atom is 0.223 e. The van der Waals surface area contributed by atoms with Crippen LogP contribution in [0.25, 0.3) is 11.0 Å². The Morgan fingerprint density at radius 1 is 1.23 bits per heavy atom. The second-order valence-electron chi connectivity index (χ2n) is 10.0. The van der Waals surface area contributed by atoms with Crippen molar-refractivity contribution in [1.82, 2.24) is 14.5 Å². The van der Waals surface area contributed by atoms with Crippen LogP contribution < -0.4 is 5.73 Å². The summed E-state index contributed by atoms with van der Waals surface area (Å²) in [6.07, 6.45) is 0.620. The van der Waals surface area contributed by atoms with Gasteiger partial charge in [0.15, 0.2) is 20.3 Å². The van der Waals surface area contributed by atoms with Gasteiger partial charge in [-0.3, -0.25) is 0 Å². The third kappa shape index (κ3) is 3.76. The first-order valence-electron chi connectivity index (χ1n) is 10.2. The Morgan fingerprint density at radius 2 is 1.90 bits per heavy atom. The molecule has 0 aromatic carbocycles. The molecule has 0 unspecified atom stereocenters. The fraction of sp³-hybridized carbons (Fsp3) is 0.700. The molecule has 4 heterocycles. The van der Waals surface area contributed by atoms with Gasteiger partial charge in [0.2, 0.25) is 5.95 Å². The molecular formula is C20H31ClN4O4Si. The van der Waals surface area contributed by atoms with Crippen molar-refractivity contribution >= 4 is 36.9 Å².